The number of aliphatic hydroxyl groups excluding tert-OH is 1. The molecule has 3 N–H and O–H groups in total. The Labute approximate surface area is 136 Å². The molecule has 5 nitrogen and oxygen atoms in total. The Hall–Kier alpha value is -2.61. The van der Waals surface area contributed by atoms with Crippen LogP contribution in [0.5, 0.6) is 0 Å². The van der Waals surface area contributed by atoms with E-state index in [0.29, 0.717) is 0 Å². The van der Waals surface area contributed by atoms with Crippen LogP contribution in [0.3, 0.4) is 0 Å². The fourth-order valence-corrected chi connectivity index (χ4v) is 1.97. The Kier molecular flexibility index (Phi) is 5.75. The monoisotopic (exact) mass is 339 g/mol. The number of aromatic nitrogens is 1. The number of hydrogen-bond acceptors (Lipinski definition) is 3. The van der Waals surface area contributed by atoms with Gasteiger partial charge in [0, 0.05) is 25.5 Å². The van der Waals surface area contributed by atoms with E-state index in [4.69, 9.17) is 0 Å². The zero-order chi connectivity index (χ0) is 17.6. The molecular weight excluding hydrogens is 323 g/mol. The Morgan fingerprint density at radius 2 is 1.88 bits per heavy atom. The quantitative estimate of drug-likeness (QED) is 0.784. The number of urea groups is 1. The Morgan fingerprint density at radius 3 is 2.54 bits per heavy atom. The first-order chi connectivity index (χ1) is 11.4. The van der Waals surface area contributed by atoms with Crippen LogP contribution in [0.1, 0.15) is 22.8 Å². The third kappa shape index (κ3) is 5.24. The highest BCUT2D eigenvalue weighted by molar-refractivity contribution is 5.73. The van der Waals surface area contributed by atoms with Crippen LogP contribution in [0.4, 0.5) is 18.0 Å². The number of halogens is 3. The minimum absolute atomic E-state index is 0.0826. The fraction of sp³-hybridized carbons (Fsp3) is 0.250. The molecule has 2 amide bonds. The first-order valence-electron chi connectivity index (χ1n) is 7.12. The van der Waals surface area contributed by atoms with Crippen LogP contribution >= 0.6 is 0 Å². The lowest BCUT2D eigenvalue weighted by Crippen LogP contribution is -2.37. The second-order valence-corrected chi connectivity index (χ2v) is 5.06. The summed E-state index contributed by atoms with van der Waals surface area (Å²) in [4.78, 5) is 15.5. The van der Waals surface area contributed by atoms with E-state index in [9.17, 15) is 23.1 Å². The van der Waals surface area contributed by atoms with Crippen molar-refractivity contribution in [3.05, 3.63) is 65.5 Å². The largest absolute Gasteiger partial charge is 0.416 e. The topological polar surface area (TPSA) is 74.2 Å². The van der Waals surface area contributed by atoms with Gasteiger partial charge in [-0.05, 0) is 35.4 Å². The van der Waals surface area contributed by atoms with E-state index < -0.39 is 23.9 Å². The number of pyridine rings is 1. The molecule has 8 heteroatoms. The van der Waals surface area contributed by atoms with Gasteiger partial charge in [-0.1, -0.05) is 12.1 Å². The number of benzene rings is 1. The molecule has 128 valence electrons. The number of nitrogens with zero attached hydrogens (tertiary/aromatic N) is 1. The first kappa shape index (κ1) is 17.7. The van der Waals surface area contributed by atoms with Gasteiger partial charge < -0.3 is 15.7 Å². The predicted octanol–water partition coefficient (Wildman–Crippen LogP) is 2.63. The molecule has 0 saturated carbocycles. The van der Waals surface area contributed by atoms with E-state index in [2.05, 4.69) is 15.6 Å². The van der Waals surface area contributed by atoms with E-state index in [-0.39, 0.29) is 18.7 Å². The lowest BCUT2D eigenvalue weighted by Gasteiger charge is -2.15. The van der Waals surface area contributed by atoms with Gasteiger partial charge >= 0.3 is 12.2 Å². The summed E-state index contributed by atoms with van der Waals surface area (Å²) in [5.41, 5.74) is 0.0824. The number of amides is 2. The lowest BCUT2D eigenvalue weighted by atomic mass is 10.1. The zero-order valence-corrected chi connectivity index (χ0v) is 12.5. The second-order valence-electron chi connectivity index (χ2n) is 5.06. The summed E-state index contributed by atoms with van der Waals surface area (Å²) >= 11 is 0. The summed E-state index contributed by atoms with van der Waals surface area (Å²) in [7, 11) is 0. The Balaban J connectivity index is 1.84. The van der Waals surface area contributed by atoms with Gasteiger partial charge in [0.1, 0.15) is 0 Å². The number of carbonyl (C=O) groups is 1. The molecule has 2 rings (SSSR count). The van der Waals surface area contributed by atoms with E-state index in [1.165, 1.54) is 12.1 Å². The minimum Gasteiger partial charge on any atom is -0.387 e. The summed E-state index contributed by atoms with van der Waals surface area (Å²) in [5, 5.41) is 14.9. The molecule has 0 aliphatic carbocycles. The summed E-state index contributed by atoms with van der Waals surface area (Å²) in [6.45, 7) is 0.0670. The second kappa shape index (κ2) is 7.78. The van der Waals surface area contributed by atoms with Gasteiger partial charge in [0.05, 0.1) is 11.7 Å². The molecule has 1 aromatic carbocycles. The Bertz CT molecular complexity index is 678. The van der Waals surface area contributed by atoms with E-state index in [1.54, 1.807) is 24.5 Å². The molecule has 0 bridgehead atoms. The molecule has 0 aliphatic heterocycles. The van der Waals surface area contributed by atoms with Crippen LogP contribution in [-0.2, 0) is 12.7 Å². The number of hydrogen-bond donors (Lipinski definition) is 3. The molecule has 1 heterocycles. The highest BCUT2D eigenvalue weighted by Crippen LogP contribution is 2.30. The van der Waals surface area contributed by atoms with E-state index in [0.717, 1.165) is 17.7 Å². The molecular formula is C16H16F3N3O2. The average Bonchev–Trinajstić information content (AvgIpc) is 2.58. The van der Waals surface area contributed by atoms with Crippen LogP contribution in [0, 0.1) is 0 Å². The molecule has 0 unspecified atom stereocenters. The molecule has 1 atom stereocenters. The molecule has 24 heavy (non-hydrogen) atoms. The SMILES string of the molecule is O=C(NCc1ccncc1)NC[C@@H](O)c1cccc(C(F)(F)F)c1. The van der Waals surface area contributed by atoms with Crippen LogP contribution < -0.4 is 10.6 Å². The van der Waals surface area contributed by atoms with Gasteiger partial charge in [-0.3, -0.25) is 4.98 Å². The third-order valence-corrected chi connectivity index (χ3v) is 3.26. The van der Waals surface area contributed by atoms with Crippen molar-refractivity contribution in [2.45, 2.75) is 18.8 Å². The third-order valence-electron chi connectivity index (χ3n) is 3.26. The maximum Gasteiger partial charge on any atom is 0.416 e. The zero-order valence-electron chi connectivity index (χ0n) is 12.5. The van der Waals surface area contributed by atoms with E-state index in [1.807, 2.05) is 0 Å². The van der Waals surface area contributed by atoms with Crippen molar-refractivity contribution in [2.75, 3.05) is 6.54 Å². The Morgan fingerprint density at radius 1 is 1.17 bits per heavy atom. The van der Waals surface area contributed by atoms with Crippen molar-refractivity contribution < 1.29 is 23.1 Å². The standard InChI is InChI=1S/C16H16F3N3O2/c17-16(18,19)13-3-1-2-12(8-13)14(23)10-22-15(24)21-9-11-4-6-20-7-5-11/h1-8,14,23H,9-10H2,(H2,21,22,24)/t14-/m1/s1. The maximum atomic E-state index is 12.6. The summed E-state index contributed by atoms with van der Waals surface area (Å²) in [5.74, 6) is 0. The molecule has 0 fully saturated rings. The van der Waals surface area contributed by atoms with Crippen LogP contribution in [0.15, 0.2) is 48.8 Å². The van der Waals surface area contributed by atoms with Crippen LogP contribution in [0.25, 0.3) is 0 Å². The minimum atomic E-state index is -4.48. The van der Waals surface area contributed by atoms with Crippen molar-refractivity contribution in [1.82, 2.24) is 15.6 Å². The number of aliphatic hydroxyl groups is 1. The molecule has 0 radical (unpaired) electrons. The first-order valence-corrected chi connectivity index (χ1v) is 7.12. The van der Waals surface area contributed by atoms with Crippen molar-refractivity contribution in [1.29, 1.82) is 0 Å². The van der Waals surface area contributed by atoms with Crippen molar-refractivity contribution in [3.63, 3.8) is 0 Å². The molecule has 2 aromatic rings. The van der Waals surface area contributed by atoms with Crippen LogP contribution in [0.2, 0.25) is 0 Å². The highest BCUT2D eigenvalue weighted by atomic mass is 19.4. The molecule has 0 saturated heterocycles. The smallest absolute Gasteiger partial charge is 0.387 e. The summed E-state index contributed by atoms with van der Waals surface area (Å²) in [6, 6.07) is 7.31. The highest BCUT2D eigenvalue weighted by Gasteiger charge is 2.30. The normalized spacial score (nSPS) is 12.5. The van der Waals surface area contributed by atoms with Gasteiger partial charge in [0.2, 0.25) is 0 Å². The summed E-state index contributed by atoms with van der Waals surface area (Å²) < 4.78 is 37.9. The maximum absolute atomic E-state index is 12.6. The predicted molar refractivity (Wildman–Crippen MR) is 80.9 cm³/mol. The van der Waals surface area contributed by atoms with Gasteiger partial charge in [-0.15, -0.1) is 0 Å². The molecule has 1 aromatic heterocycles. The number of carbonyl (C=O) groups excluding carboxylic acids is 1. The number of alkyl halides is 3. The lowest BCUT2D eigenvalue weighted by molar-refractivity contribution is -0.137. The molecule has 0 spiro atoms. The molecule has 0 aliphatic rings. The van der Waals surface area contributed by atoms with Crippen molar-refractivity contribution in [2.24, 2.45) is 0 Å². The van der Waals surface area contributed by atoms with Crippen LogP contribution in [-0.4, -0.2) is 22.7 Å². The van der Waals surface area contributed by atoms with E-state index >= 15 is 0 Å². The van der Waals surface area contributed by atoms with Crippen molar-refractivity contribution >= 4 is 6.03 Å². The van der Waals surface area contributed by atoms with Gasteiger partial charge in [0.25, 0.3) is 0 Å². The van der Waals surface area contributed by atoms with Gasteiger partial charge in [-0.2, -0.15) is 13.2 Å². The fourth-order valence-electron chi connectivity index (χ4n) is 1.97. The number of rotatable bonds is 5. The van der Waals surface area contributed by atoms with Gasteiger partial charge in [-0.25, -0.2) is 4.79 Å². The van der Waals surface area contributed by atoms with Gasteiger partial charge in [0.15, 0.2) is 0 Å². The van der Waals surface area contributed by atoms with Crippen molar-refractivity contribution in [3.8, 4) is 0 Å². The summed E-state index contributed by atoms with van der Waals surface area (Å²) in [6.07, 6.45) is -2.54. The average molecular weight is 339 g/mol. The number of nitrogens with one attached hydrogen (secondary N) is 2.